The van der Waals surface area contributed by atoms with Gasteiger partial charge in [-0.3, -0.25) is 0 Å². The van der Waals surface area contributed by atoms with Crippen molar-refractivity contribution < 1.29 is 126 Å². The molecule has 0 unspecified atom stereocenters. The zero-order valence-corrected chi connectivity index (χ0v) is 66.4. The average molecular weight is 1790 g/mol. The van der Waals surface area contributed by atoms with Gasteiger partial charge in [-0.2, -0.15) is 105 Å². The van der Waals surface area contributed by atoms with Gasteiger partial charge in [0.05, 0.1) is 0 Å². The van der Waals surface area contributed by atoms with E-state index in [9.17, 15) is 126 Å². The largest absolute Gasteiger partial charge is 4.00 e. The summed E-state index contributed by atoms with van der Waals surface area (Å²) in [5, 5.41) is 56.6. The van der Waals surface area contributed by atoms with Crippen molar-refractivity contribution in [3.63, 3.8) is 0 Å². The maximum atomic E-state index is 14.2. The van der Waals surface area contributed by atoms with Gasteiger partial charge in [-0.05, 0) is 75.0 Å². The van der Waals surface area contributed by atoms with E-state index in [1.807, 2.05) is 0 Å². The number of hydrogen-bond acceptors (Lipinski definition) is 4. The Morgan fingerprint density at radius 3 is 0.325 bits per heavy atom. The average Bonchev–Trinajstić information content (AvgIpc) is 0.792. The van der Waals surface area contributed by atoms with Gasteiger partial charge in [0.15, 0.2) is 0 Å². The minimum Gasteiger partial charge on any atom is -0.842 e. The predicted molar refractivity (Wildman–Crippen MR) is 394 cm³/mol. The van der Waals surface area contributed by atoms with E-state index in [2.05, 4.69) is 0 Å². The summed E-state index contributed by atoms with van der Waals surface area (Å²) in [5.74, 6) is -3.62. The zero-order chi connectivity index (χ0) is 86.2. The second-order valence-electron chi connectivity index (χ2n) is 28.7. The van der Waals surface area contributed by atoms with Crippen molar-refractivity contribution in [1.29, 1.82) is 0 Å². The monoisotopic (exact) mass is 1790 g/mol. The summed E-state index contributed by atoms with van der Waals surface area (Å²) in [7, 11) is 0. The van der Waals surface area contributed by atoms with E-state index in [1.165, 1.54) is 0 Å². The smallest absolute Gasteiger partial charge is 0.842 e. The normalized spacial score (nSPS) is 13.0. The Balaban J connectivity index is 0.000000327. The Morgan fingerprint density at radius 1 is 0.162 bits per heavy atom. The number of benzene rings is 8. The molecule has 8 aromatic rings. The van der Waals surface area contributed by atoms with E-state index in [-0.39, 0.29) is 127 Å². The van der Waals surface area contributed by atoms with Crippen molar-refractivity contribution in [1.82, 2.24) is 0 Å². The molecule has 0 atom stereocenters. The summed E-state index contributed by atoms with van der Waals surface area (Å²) in [5.41, 5.74) is -4.98. The van der Waals surface area contributed by atoms with Gasteiger partial charge in [-0.15, -0.1) is 0 Å². The molecule has 0 N–H and O–H groups in total. The van der Waals surface area contributed by atoms with Crippen molar-refractivity contribution in [2.24, 2.45) is 23.7 Å². The van der Waals surface area contributed by atoms with Crippen molar-refractivity contribution in [2.75, 3.05) is 0 Å². The molecule has 0 heterocycles. The van der Waals surface area contributed by atoms with Gasteiger partial charge in [0, 0.05) is 51.4 Å². The van der Waals surface area contributed by atoms with Gasteiger partial charge in [-0.1, -0.05) is 361 Å². The molecule has 117 heavy (non-hydrogen) atoms. The molecular formula is C88H92F24O4Sn. The molecule has 0 bridgehead atoms. The van der Waals surface area contributed by atoms with Crippen LogP contribution in [-0.4, -0.2) is 73.3 Å². The fourth-order valence-electron chi connectivity index (χ4n) is 14.6. The van der Waals surface area contributed by atoms with Crippen LogP contribution in [0.1, 0.15) is 199 Å². The van der Waals surface area contributed by atoms with Crippen LogP contribution in [0.15, 0.2) is 243 Å². The molecule has 0 spiro atoms. The van der Waals surface area contributed by atoms with Crippen molar-refractivity contribution in [3.05, 3.63) is 287 Å². The van der Waals surface area contributed by atoms with Gasteiger partial charge in [0.25, 0.3) is 0 Å². The SMILES string of the molecule is [O-]C(c1ccccc1)(c1ccccc1)C(CCCC(F)(F)F)CCCC(F)(F)F.[O-]C(c1ccccc1)(c1ccccc1)C(CCCC(F)(F)F)CCCC(F)(F)F.[O-]C(c1ccccc1)(c1ccccc1)C(CCCC(F)(F)F)CCCC(F)(F)F.[O-]C(c1ccccc1)(c1ccccc1)C(CCCC(F)(F)F)CCCC(F)(F)F.[Sn+4]. The number of alkyl halides is 24. The van der Waals surface area contributed by atoms with Gasteiger partial charge < -0.3 is 20.4 Å². The molecule has 4 nitrogen and oxygen atoms in total. The van der Waals surface area contributed by atoms with Crippen LogP contribution in [0, 0.1) is 23.7 Å². The van der Waals surface area contributed by atoms with Crippen LogP contribution in [0.5, 0.6) is 0 Å². The Morgan fingerprint density at radius 2 is 0.248 bits per heavy atom. The van der Waals surface area contributed by atoms with Crippen LogP contribution in [0.3, 0.4) is 0 Å². The molecule has 0 radical (unpaired) electrons. The van der Waals surface area contributed by atoms with Crippen LogP contribution in [0.2, 0.25) is 0 Å². The van der Waals surface area contributed by atoms with Crippen LogP contribution < -0.4 is 20.4 Å². The van der Waals surface area contributed by atoms with Gasteiger partial charge in [0.2, 0.25) is 0 Å². The van der Waals surface area contributed by atoms with E-state index in [4.69, 9.17) is 0 Å². The fraction of sp³-hybridized carbons (Fsp3) is 0.455. The van der Waals surface area contributed by atoms with Crippen molar-refractivity contribution >= 4 is 23.9 Å². The topological polar surface area (TPSA) is 92.2 Å². The molecule has 29 heteroatoms. The Kier molecular flexibility index (Phi) is 40.6. The van der Waals surface area contributed by atoms with Gasteiger partial charge >= 0.3 is 73.3 Å². The maximum absolute atomic E-state index is 14.2. The molecule has 0 amide bonds. The summed E-state index contributed by atoms with van der Waals surface area (Å²) < 4.78 is 303. The third kappa shape index (κ3) is 36.3. The quantitative estimate of drug-likeness (QED) is 0.0289. The molecule has 0 aromatic heterocycles. The minimum absolute atomic E-state index is 0. The molecule has 0 aliphatic rings. The molecule has 0 aliphatic heterocycles. The van der Waals surface area contributed by atoms with E-state index >= 15 is 0 Å². The maximum Gasteiger partial charge on any atom is 4.00 e. The first-order valence-corrected chi connectivity index (χ1v) is 37.9. The molecule has 8 rings (SSSR count). The first kappa shape index (κ1) is 102. The first-order chi connectivity index (χ1) is 54.1. The predicted octanol–water partition coefficient (Wildman–Crippen LogP) is 25.1. The number of halogens is 24. The molecular weight excluding hydrogens is 1700 g/mol. The second-order valence-corrected chi connectivity index (χ2v) is 28.7. The molecule has 8 aromatic carbocycles. The minimum atomic E-state index is -4.37. The summed E-state index contributed by atoms with van der Waals surface area (Å²) in [6, 6.07) is 65.3. The van der Waals surface area contributed by atoms with E-state index in [1.54, 1.807) is 243 Å². The molecule has 640 valence electrons. The first-order valence-electron chi connectivity index (χ1n) is 37.9. The molecule has 0 aliphatic carbocycles. The summed E-state index contributed by atoms with van der Waals surface area (Å²) in [6.07, 6.45) is -46.8. The third-order valence-corrected chi connectivity index (χ3v) is 20.0. The van der Waals surface area contributed by atoms with E-state index in [0.29, 0.717) is 44.5 Å². The van der Waals surface area contributed by atoms with E-state index in [0.717, 1.165) is 0 Å². The van der Waals surface area contributed by atoms with Crippen molar-refractivity contribution in [2.45, 2.75) is 226 Å². The van der Waals surface area contributed by atoms with Gasteiger partial charge in [0.1, 0.15) is 0 Å². The second kappa shape index (κ2) is 46.5. The molecule has 0 fully saturated rings. The molecule has 0 saturated carbocycles. The summed E-state index contributed by atoms with van der Waals surface area (Å²) >= 11 is 0. The van der Waals surface area contributed by atoms with Gasteiger partial charge in [-0.25, -0.2) is 0 Å². The van der Waals surface area contributed by atoms with Crippen LogP contribution in [0.4, 0.5) is 105 Å². The van der Waals surface area contributed by atoms with E-state index < -0.39 is 147 Å². The van der Waals surface area contributed by atoms with Crippen LogP contribution >= 0.6 is 0 Å². The Labute approximate surface area is 683 Å². The van der Waals surface area contributed by atoms with Crippen molar-refractivity contribution in [3.8, 4) is 0 Å². The Bertz CT molecular complexity index is 3180. The standard InChI is InChI=1S/4C22H23F6O.Sn/c4*23-20(24,25)15-7-13-19(14-8-16-21(26,27)28)22(29,17-9-3-1-4-10-17)18-11-5-2-6-12-18;/h4*1-6,9-12,19H,7-8,13-16H2;/q4*-1;+4. The number of hydrogen-bond donors (Lipinski definition) is 0. The third-order valence-electron chi connectivity index (χ3n) is 20.0. The number of rotatable bonds is 36. The van der Waals surface area contributed by atoms with Crippen LogP contribution in [-0.2, 0) is 22.4 Å². The summed E-state index contributed by atoms with van der Waals surface area (Å²) in [4.78, 5) is 0. The Hall–Kier alpha value is -7.28. The molecule has 0 saturated heterocycles. The summed E-state index contributed by atoms with van der Waals surface area (Å²) in [6.45, 7) is 0. The zero-order valence-electron chi connectivity index (χ0n) is 63.6. The fourth-order valence-corrected chi connectivity index (χ4v) is 14.6. The van der Waals surface area contributed by atoms with Crippen LogP contribution in [0.25, 0.3) is 0 Å².